The molecule has 0 aromatic carbocycles. The fourth-order valence-corrected chi connectivity index (χ4v) is 4.32. The lowest BCUT2D eigenvalue weighted by Gasteiger charge is -2.22. The Morgan fingerprint density at radius 1 is 1.46 bits per heavy atom. The molecule has 2 aromatic heterocycles. The van der Waals surface area contributed by atoms with Crippen LogP contribution in [-0.2, 0) is 0 Å². The summed E-state index contributed by atoms with van der Waals surface area (Å²) < 4.78 is 25.4. The summed E-state index contributed by atoms with van der Waals surface area (Å²) >= 11 is 1.38. The summed E-state index contributed by atoms with van der Waals surface area (Å²) in [5.41, 5.74) is 0.816. The maximum absolute atomic E-state index is 12.5. The molecular weight excluding hydrogens is 332 g/mol. The highest BCUT2D eigenvalue weighted by molar-refractivity contribution is 7.17. The zero-order valence-electron chi connectivity index (χ0n) is 12.8. The SMILES string of the molecule is O=C(NC1CN2CCC1C2)c1cc2c(C#CC(F)F)csc2cn1. The second kappa shape index (κ2) is 6.11. The first-order valence-corrected chi connectivity index (χ1v) is 8.68. The number of nitrogens with zero attached hydrogens (tertiary/aromatic N) is 2. The van der Waals surface area contributed by atoms with Crippen molar-refractivity contribution >= 4 is 27.3 Å². The first kappa shape index (κ1) is 15.5. The molecule has 3 atom stereocenters. The van der Waals surface area contributed by atoms with Crippen LogP contribution < -0.4 is 5.32 Å². The molecule has 2 aliphatic rings. The number of piperidine rings is 1. The number of carbonyl (C=O) groups is 1. The van der Waals surface area contributed by atoms with Gasteiger partial charge in [-0.15, -0.1) is 11.3 Å². The van der Waals surface area contributed by atoms with Crippen LogP contribution in [0.2, 0.25) is 0 Å². The van der Waals surface area contributed by atoms with E-state index >= 15 is 0 Å². The largest absolute Gasteiger partial charge is 0.346 e. The molecular formula is C17H15F2N3OS. The van der Waals surface area contributed by atoms with Crippen molar-refractivity contribution in [1.82, 2.24) is 15.2 Å². The predicted molar refractivity (Wildman–Crippen MR) is 88.3 cm³/mol. The second-order valence-electron chi connectivity index (χ2n) is 6.17. The Bertz CT molecular complexity index is 854. The maximum Gasteiger partial charge on any atom is 0.299 e. The molecule has 4 rings (SSSR count). The van der Waals surface area contributed by atoms with Crippen LogP contribution in [0.25, 0.3) is 10.1 Å². The van der Waals surface area contributed by atoms with Gasteiger partial charge in [0.2, 0.25) is 0 Å². The van der Waals surface area contributed by atoms with Gasteiger partial charge in [-0.3, -0.25) is 4.79 Å². The van der Waals surface area contributed by atoms with E-state index in [9.17, 15) is 13.6 Å². The minimum Gasteiger partial charge on any atom is -0.346 e. The molecule has 4 heterocycles. The van der Waals surface area contributed by atoms with Gasteiger partial charge >= 0.3 is 0 Å². The topological polar surface area (TPSA) is 45.2 Å². The molecule has 2 bridgehead atoms. The molecule has 3 unspecified atom stereocenters. The quantitative estimate of drug-likeness (QED) is 0.849. The van der Waals surface area contributed by atoms with Gasteiger partial charge in [0.15, 0.2) is 0 Å². The minimum atomic E-state index is -2.67. The fraction of sp³-hybridized carbons (Fsp3) is 0.412. The Morgan fingerprint density at radius 2 is 2.33 bits per heavy atom. The zero-order chi connectivity index (χ0) is 16.7. The van der Waals surface area contributed by atoms with Gasteiger partial charge in [-0.05, 0) is 30.9 Å². The van der Waals surface area contributed by atoms with E-state index in [2.05, 4.69) is 21.1 Å². The predicted octanol–water partition coefficient (Wildman–Crippen LogP) is 2.35. The third-order valence-corrected chi connectivity index (χ3v) is 5.59. The van der Waals surface area contributed by atoms with Crippen molar-refractivity contribution < 1.29 is 13.6 Å². The molecule has 2 aromatic rings. The zero-order valence-corrected chi connectivity index (χ0v) is 13.6. The third-order valence-electron chi connectivity index (χ3n) is 4.66. The molecule has 4 nitrogen and oxygen atoms in total. The normalized spacial score (nSPS) is 25.0. The van der Waals surface area contributed by atoms with E-state index in [0.29, 0.717) is 22.6 Å². The van der Waals surface area contributed by atoms with Crippen molar-refractivity contribution in [3.05, 3.63) is 28.9 Å². The Labute approximate surface area is 141 Å². The molecule has 0 aliphatic carbocycles. The number of rotatable bonds is 2. The lowest BCUT2D eigenvalue weighted by atomic mass is 10.00. The number of carbonyl (C=O) groups excluding carboxylic acids is 1. The van der Waals surface area contributed by atoms with Crippen molar-refractivity contribution in [1.29, 1.82) is 0 Å². The summed E-state index contributed by atoms with van der Waals surface area (Å²) in [5.74, 6) is 4.64. The minimum absolute atomic E-state index is 0.171. The van der Waals surface area contributed by atoms with Gasteiger partial charge in [0.05, 0.1) is 4.70 Å². The highest BCUT2D eigenvalue weighted by Gasteiger charge is 2.38. The number of amides is 1. The van der Waals surface area contributed by atoms with Crippen molar-refractivity contribution in [3.8, 4) is 11.8 Å². The molecule has 124 valence electrons. The van der Waals surface area contributed by atoms with Gasteiger partial charge < -0.3 is 10.2 Å². The summed E-state index contributed by atoms with van der Waals surface area (Å²) in [6, 6.07) is 1.81. The van der Waals surface area contributed by atoms with Gasteiger partial charge in [0.25, 0.3) is 12.3 Å². The highest BCUT2D eigenvalue weighted by Crippen LogP contribution is 2.28. The van der Waals surface area contributed by atoms with Crippen molar-refractivity contribution in [3.63, 3.8) is 0 Å². The number of nitrogens with one attached hydrogen (secondary N) is 1. The number of halogens is 2. The van der Waals surface area contributed by atoms with E-state index in [4.69, 9.17) is 0 Å². The molecule has 2 aliphatic heterocycles. The summed E-state index contributed by atoms with van der Waals surface area (Å²) in [7, 11) is 0. The monoisotopic (exact) mass is 347 g/mol. The van der Waals surface area contributed by atoms with Crippen molar-refractivity contribution in [2.45, 2.75) is 18.9 Å². The van der Waals surface area contributed by atoms with Crippen LogP contribution >= 0.6 is 11.3 Å². The number of fused-ring (bicyclic) bond motifs is 3. The molecule has 2 fully saturated rings. The van der Waals surface area contributed by atoms with Gasteiger partial charge in [0, 0.05) is 41.7 Å². The average molecular weight is 347 g/mol. The maximum atomic E-state index is 12.5. The number of aromatic nitrogens is 1. The van der Waals surface area contributed by atoms with E-state index in [0.717, 1.165) is 30.8 Å². The lowest BCUT2D eigenvalue weighted by Crippen LogP contribution is -2.43. The summed E-state index contributed by atoms with van der Waals surface area (Å²) in [6.45, 7) is 3.06. The van der Waals surface area contributed by atoms with Crippen LogP contribution in [0.1, 0.15) is 22.5 Å². The Balaban J connectivity index is 1.56. The van der Waals surface area contributed by atoms with E-state index in [1.165, 1.54) is 11.3 Å². The van der Waals surface area contributed by atoms with Crippen LogP contribution in [0.15, 0.2) is 17.6 Å². The fourth-order valence-electron chi connectivity index (χ4n) is 3.48. The number of pyridine rings is 1. The van der Waals surface area contributed by atoms with Gasteiger partial charge in [-0.2, -0.15) is 8.78 Å². The van der Waals surface area contributed by atoms with Crippen LogP contribution in [-0.4, -0.2) is 47.9 Å². The number of thiophene rings is 1. The second-order valence-corrected chi connectivity index (χ2v) is 7.08. The van der Waals surface area contributed by atoms with Gasteiger partial charge in [0.1, 0.15) is 5.69 Å². The van der Waals surface area contributed by atoms with E-state index in [1.54, 1.807) is 17.6 Å². The summed E-state index contributed by atoms with van der Waals surface area (Å²) in [4.78, 5) is 19.0. The number of alkyl halides is 2. The Morgan fingerprint density at radius 3 is 3.04 bits per heavy atom. The van der Waals surface area contributed by atoms with E-state index in [-0.39, 0.29) is 11.9 Å². The molecule has 0 radical (unpaired) electrons. The van der Waals surface area contributed by atoms with Crippen LogP contribution in [0.5, 0.6) is 0 Å². The van der Waals surface area contributed by atoms with Crippen LogP contribution in [0.3, 0.4) is 0 Å². The van der Waals surface area contributed by atoms with Crippen molar-refractivity contribution in [2.24, 2.45) is 5.92 Å². The first-order chi connectivity index (χ1) is 11.6. The molecule has 0 saturated carbocycles. The number of hydrogen-bond acceptors (Lipinski definition) is 4. The summed E-state index contributed by atoms with van der Waals surface area (Å²) in [6.07, 6.45) is 0.0552. The number of hydrogen-bond donors (Lipinski definition) is 1. The smallest absolute Gasteiger partial charge is 0.299 e. The standard InChI is InChI=1S/C17H15F2N3OS/c18-16(19)2-1-11-9-24-15-6-20-13(5-12(11)15)17(23)21-14-8-22-4-3-10(14)7-22/h5-6,9-10,14,16H,3-4,7-8H2,(H,21,23). The molecule has 1 amide bonds. The average Bonchev–Trinajstić information content (AvgIpc) is 3.27. The summed E-state index contributed by atoms with van der Waals surface area (Å²) in [5, 5.41) is 5.47. The highest BCUT2D eigenvalue weighted by atomic mass is 32.1. The van der Waals surface area contributed by atoms with Crippen LogP contribution in [0.4, 0.5) is 8.78 Å². The Hall–Kier alpha value is -2.04. The Kier molecular flexibility index (Phi) is 3.94. The molecule has 0 spiro atoms. The van der Waals surface area contributed by atoms with E-state index < -0.39 is 6.43 Å². The first-order valence-electron chi connectivity index (χ1n) is 7.80. The molecule has 1 N–H and O–H groups in total. The van der Waals surface area contributed by atoms with Crippen molar-refractivity contribution in [2.75, 3.05) is 19.6 Å². The molecule has 7 heteroatoms. The van der Waals surface area contributed by atoms with E-state index in [1.807, 2.05) is 5.92 Å². The van der Waals surface area contributed by atoms with Gasteiger partial charge in [-0.25, -0.2) is 4.98 Å². The van der Waals surface area contributed by atoms with Crippen LogP contribution in [0, 0.1) is 17.8 Å². The van der Waals surface area contributed by atoms with Gasteiger partial charge in [-0.1, -0.05) is 5.92 Å². The third kappa shape index (κ3) is 2.87. The molecule has 2 saturated heterocycles. The molecule has 24 heavy (non-hydrogen) atoms. The lowest BCUT2D eigenvalue weighted by molar-refractivity contribution is 0.0919.